The second kappa shape index (κ2) is 10.5. The van der Waals surface area contributed by atoms with Gasteiger partial charge in [-0.2, -0.15) is 0 Å². The highest BCUT2D eigenvalue weighted by atomic mass is 35.5. The topological polar surface area (TPSA) is 95.6 Å². The number of imide groups is 1. The molecule has 0 aliphatic carbocycles. The van der Waals surface area contributed by atoms with Crippen molar-refractivity contribution < 1.29 is 19.2 Å². The number of hydrogen-bond donors (Lipinski definition) is 2. The SMILES string of the molecule is O=C(CNC(=O)c1ccccc1)NCCN1C(=O)S/C(=C/c2ccc(Cl)cc2Cl)C1=O. The maximum absolute atomic E-state index is 12.5. The lowest BCUT2D eigenvalue weighted by Gasteiger charge is -2.13. The van der Waals surface area contributed by atoms with Crippen LogP contribution in [0.4, 0.5) is 4.79 Å². The van der Waals surface area contributed by atoms with Gasteiger partial charge in [0.25, 0.3) is 17.1 Å². The van der Waals surface area contributed by atoms with Crippen LogP contribution < -0.4 is 10.6 Å². The fourth-order valence-electron chi connectivity index (χ4n) is 2.67. The lowest BCUT2D eigenvalue weighted by Crippen LogP contribution is -2.41. The third kappa shape index (κ3) is 6.10. The molecule has 10 heteroatoms. The van der Waals surface area contributed by atoms with Gasteiger partial charge in [0.1, 0.15) is 0 Å². The summed E-state index contributed by atoms with van der Waals surface area (Å²) in [5, 5.41) is 5.47. The molecule has 31 heavy (non-hydrogen) atoms. The van der Waals surface area contributed by atoms with Crippen molar-refractivity contribution in [3.05, 3.63) is 74.6 Å². The molecule has 7 nitrogen and oxygen atoms in total. The number of nitrogens with one attached hydrogen (secondary N) is 2. The Labute approximate surface area is 192 Å². The lowest BCUT2D eigenvalue weighted by atomic mass is 10.2. The van der Waals surface area contributed by atoms with E-state index in [-0.39, 0.29) is 30.4 Å². The van der Waals surface area contributed by atoms with Crippen LogP contribution in [0.25, 0.3) is 6.08 Å². The Morgan fingerprint density at radius 1 is 1.03 bits per heavy atom. The average Bonchev–Trinajstić information content (AvgIpc) is 3.02. The molecule has 0 saturated carbocycles. The highest BCUT2D eigenvalue weighted by Gasteiger charge is 2.34. The fraction of sp³-hybridized carbons (Fsp3) is 0.143. The van der Waals surface area contributed by atoms with Gasteiger partial charge >= 0.3 is 0 Å². The van der Waals surface area contributed by atoms with Crippen LogP contribution in [0, 0.1) is 0 Å². The van der Waals surface area contributed by atoms with Gasteiger partial charge < -0.3 is 10.6 Å². The standard InChI is InChI=1S/C21H17Cl2N3O4S/c22-15-7-6-14(16(23)11-15)10-17-20(29)26(21(30)31-17)9-8-24-18(27)12-25-19(28)13-4-2-1-3-5-13/h1-7,10-11H,8-9,12H2,(H,24,27)(H,25,28)/b17-10+. The quantitative estimate of drug-likeness (QED) is 0.594. The molecular weight excluding hydrogens is 461 g/mol. The van der Waals surface area contributed by atoms with Crippen LogP contribution in [0.1, 0.15) is 15.9 Å². The number of carbonyl (C=O) groups is 4. The Balaban J connectivity index is 1.48. The maximum Gasteiger partial charge on any atom is 0.293 e. The Bertz CT molecular complexity index is 1060. The summed E-state index contributed by atoms with van der Waals surface area (Å²) in [6.07, 6.45) is 1.53. The molecule has 1 saturated heterocycles. The van der Waals surface area contributed by atoms with Crippen molar-refractivity contribution in [1.29, 1.82) is 0 Å². The molecule has 160 valence electrons. The first-order valence-corrected chi connectivity index (χ1v) is 10.7. The minimum Gasteiger partial charge on any atom is -0.353 e. The zero-order chi connectivity index (χ0) is 22.4. The largest absolute Gasteiger partial charge is 0.353 e. The minimum atomic E-state index is -0.465. The van der Waals surface area contributed by atoms with Crippen LogP contribution >= 0.6 is 35.0 Å². The van der Waals surface area contributed by atoms with Gasteiger partial charge in [-0.3, -0.25) is 24.1 Å². The number of halogens is 2. The monoisotopic (exact) mass is 477 g/mol. The van der Waals surface area contributed by atoms with Gasteiger partial charge in [-0.15, -0.1) is 0 Å². The van der Waals surface area contributed by atoms with E-state index >= 15 is 0 Å². The molecule has 2 aromatic rings. The van der Waals surface area contributed by atoms with Crippen LogP contribution in [0.5, 0.6) is 0 Å². The highest BCUT2D eigenvalue weighted by molar-refractivity contribution is 8.18. The zero-order valence-corrected chi connectivity index (χ0v) is 18.4. The second-order valence-electron chi connectivity index (χ2n) is 6.40. The molecule has 0 bridgehead atoms. The summed E-state index contributed by atoms with van der Waals surface area (Å²) in [5.74, 6) is -1.26. The molecule has 0 spiro atoms. The van der Waals surface area contributed by atoms with Gasteiger partial charge in [0, 0.05) is 28.7 Å². The van der Waals surface area contributed by atoms with Gasteiger partial charge in [-0.05, 0) is 47.7 Å². The molecule has 1 fully saturated rings. The summed E-state index contributed by atoms with van der Waals surface area (Å²) in [4.78, 5) is 49.8. The molecule has 1 aliphatic heterocycles. The van der Waals surface area contributed by atoms with Crippen molar-refractivity contribution >= 4 is 64.0 Å². The average molecular weight is 478 g/mol. The Kier molecular flexibility index (Phi) is 7.73. The van der Waals surface area contributed by atoms with Gasteiger partial charge in [0.15, 0.2) is 0 Å². The molecule has 1 heterocycles. The van der Waals surface area contributed by atoms with Crippen molar-refractivity contribution in [3.63, 3.8) is 0 Å². The van der Waals surface area contributed by atoms with Gasteiger partial charge in [0.05, 0.1) is 11.4 Å². The summed E-state index contributed by atoms with van der Waals surface area (Å²) in [6, 6.07) is 13.3. The van der Waals surface area contributed by atoms with E-state index in [1.165, 1.54) is 6.08 Å². The predicted molar refractivity (Wildman–Crippen MR) is 121 cm³/mol. The van der Waals surface area contributed by atoms with Crippen molar-refractivity contribution in [2.24, 2.45) is 0 Å². The van der Waals surface area contributed by atoms with Crippen LogP contribution in [-0.2, 0) is 9.59 Å². The Hall–Kier alpha value is -2.81. The number of rotatable bonds is 7. The van der Waals surface area contributed by atoms with Gasteiger partial charge in [-0.1, -0.05) is 47.5 Å². The first-order valence-electron chi connectivity index (χ1n) is 9.15. The first kappa shape index (κ1) is 22.9. The second-order valence-corrected chi connectivity index (χ2v) is 8.23. The number of nitrogens with zero attached hydrogens (tertiary/aromatic N) is 1. The molecule has 0 atom stereocenters. The third-order valence-electron chi connectivity index (χ3n) is 4.23. The van der Waals surface area contributed by atoms with E-state index in [4.69, 9.17) is 23.2 Å². The van der Waals surface area contributed by atoms with Crippen molar-refractivity contribution in [1.82, 2.24) is 15.5 Å². The maximum atomic E-state index is 12.5. The number of carbonyl (C=O) groups excluding carboxylic acids is 4. The molecular formula is C21H17Cl2N3O4S. The molecule has 1 aliphatic rings. The van der Waals surface area contributed by atoms with E-state index in [1.54, 1.807) is 48.5 Å². The highest BCUT2D eigenvalue weighted by Crippen LogP contribution is 2.33. The molecule has 0 aromatic heterocycles. The summed E-state index contributed by atoms with van der Waals surface area (Å²) >= 11 is 12.8. The van der Waals surface area contributed by atoms with E-state index in [0.29, 0.717) is 21.2 Å². The van der Waals surface area contributed by atoms with Crippen molar-refractivity contribution in [2.45, 2.75) is 0 Å². The van der Waals surface area contributed by atoms with E-state index in [2.05, 4.69) is 10.6 Å². The molecule has 0 radical (unpaired) electrons. The zero-order valence-electron chi connectivity index (χ0n) is 16.1. The Morgan fingerprint density at radius 3 is 2.48 bits per heavy atom. The molecule has 2 N–H and O–H groups in total. The summed E-state index contributed by atoms with van der Waals surface area (Å²) < 4.78 is 0. The predicted octanol–water partition coefficient (Wildman–Crippen LogP) is 3.58. The van der Waals surface area contributed by atoms with Crippen LogP contribution in [0.3, 0.4) is 0 Å². The molecule has 2 aromatic carbocycles. The van der Waals surface area contributed by atoms with Crippen LogP contribution in [0.2, 0.25) is 10.0 Å². The van der Waals surface area contributed by atoms with E-state index in [9.17, 15) is 19.2 Å². The molecule has 4 amide bonds. The summed E-state index contributed by atoms with van der Waals surface area (Å²) in [7, 11) is 0. The van der Waals surface area contributed by atoms with Crippen molar-refractivity contribution in [3.8, 4) is 0 Å². The first-order chi connectivity index (χ1) is 14.8. The summed E-state index contributed by atoms with van der Waals surface area (Å²) in [5.41, 5.74) is 1.01. The van der Waals surface area contributed by atoms with E-state index < -0.39 is 17.1 Å². The summed E-state index contributed by atoms with van der Waals surface area (Å²) in [6.45, 7) is -0.146. The smallest absolute Gasteiger partial charge is 0.293 e. The fourth-order valence-corrected chi connectivity index (χ4v) is 3.99. The number of thioether (sulfide) groups is 1. The third-order valence-corrected chi connectivity index (χ3v) is 5.70. The number of benzene rings is 2. The molecule has 0 unspecified atom stereocenters. The Morgan fingerprint density at radius 2 is 1.77 bits per heavy atom. The number of amides is 4. The van der Waals surface area contributed by atoms with Gasteiger partial charge in [0.2, 0.25) is 5.91 Å². The van der Waals surface area contributed by atoms with E-state index in [1.807, 2.05) is 0 Å². The molecule has 3 rings (SSSR count). The normalized spacial score (nSPS) is 14.8. The van der Waals surface area contributed by atoms with E-state index in [0.717, 1.165) is 16.7 Å². The van der Waals surface area contributed by atoms with Gasteiger partial charge in [-0.25, -0.2) is 0 Å². The van der Waals surface area contributed by atoms with Crippen molar-refractivity contribution in [2.75, 3.05) is 19.6 Å². The van der Waals surface area contributed by atoms with Crippen LogP contribution in [0.15, 0.2) is 53.4 Å². The van der Waals surface area contributed by atoms with Crippen LogP contribution in [-0.4, -0.2) is 47.5 Å². The minimum absolute atomic E-state index is 0.00866. The number of hydrogen-bond acceptors (Lipinski definition) is 5. The lowest BCUT2D eigenvalue weighted by molar-refractivity contribution is -0.124.